The first-order chi connectivity index (χ1) is 17.4. The largest absolute Gasteiger partial charge is 0.497 e. The average molecular weight is 495 g/mol. The fourth-order valence-electron chi connectivity index (χ4n) is 4.40. The minimum Gasteiger partial charge on any atom is -0.497 e. The number of allylic oxidation sites excluding steroid dienone is 1. The molecular weight excluding hydrogens is 456 g/mol. The Balaban J connectivity index is 1.72. The van der Waals surface area contributed by atoms with Crippen molar-refractivity contribution in [2.75, 3.05) is 27.9 Å². The summed E-state index contributed by atoms with van der Waals surface area (Å²) in [7, 11) is 4.75. The van der Waals surface area contributed by atoms with Gasteiger partial charge >= 0.3 is 0 Å². The Labute approximate surface area is 214 Å². The highest BCUT2D eigenvalue weighted by atomic mass is 16.5. The minimum absolute atomic E-state index is 0.140. The molecule has 1 aliphatic rings. The van der Waals surface area contributed by atoms with Crippen LogP contribution in [-0.2, 0) is 22.6 Å². The maximum absolute atomic E-state index is 13.5. The van der Waals surface area contributed by atoms with E-state index in [1.807, 2.05) is 30.3 Å². The van der Waals surface area contributed by atoms with Crippen molar-refractivity contribution < 1.29 is 23.8 Å². The van der Waals surface area contributed by atoms with E-state index in [0.717, 1.165) is 36.1 Å². The van der Waals surface area contributed by atoms with Crippen LogP contribution in [0, 0.1) is 0 Å². The van der Waals surface area contributed by atoms with Crippen molar-refractivity contribution in [1.82, 2.24) is 10.2 Å². The summed E-state index contributed by atoms with van der Waals surface area (Å²) < 4.78 is 15.9. The maximum Gasteiger partial charge on any atom is 0.242 e. The van der Waals surface area contributed by atoms with Crippen LogP contribution in [0.1, 0.15) is 50.2 Å². The monoisotopic (exact) mass is 494 g/mol. The highest BCUT2D eigenvalue weighted by Crippen LogP contribution is 2.28. The Hall–Kier alpha value is -3.48. The molecular formula is C29H38N2O5. The number of nitrogens with one attached hydrogen (secondary N) is 1. The number of hydrogen-bond acceptors (Lipinski definition) is 5. The number of methoxy groups -OCH3 is 3. The van der Waals surface area contributed by atoms with Crippen molar-refractivity contribution in [2.24, 2.45) is 0 Å². The van der Waals surface area contributed by atoms with Crippen molar-refractivity contribution >= 4 is 11.8 Å². The summed E-state index contributed by atoms with van der Waals surface area (Å²) in [6.45, 7) is 2.68. The van der Waals surface area contributed by atoms with Crippen LogP contribution in [0.2, 0.25) is 0 Å². The molecule has 0 aromatic heterocycles. The van der Waals surface area contributed by atoms with Gasteiger partial charge in [-0.25, -0.2) is 0 Å². The van der Waals surface area contributed by atoms with E-state index in [2.05, 4.69) is 11.4 Å². The summed E-state index contributed by atoms with van der Waals surface area (Å²) in [5, 5.41) is 3.04. The lowest BCUT2D eigenvalue weighted by Gasteiger charge is -2.29. The van der Waals surface area contributed by atoms with E-state index in [9.17, 15) is 9.59 Å². The molecule has 0 heterocycles. The molecule has 0 saturated heterocycles. The van der Waals surface area contributed by atoms with E-state index < -0.39 is 6.04 Å². The van der Waals surface area contributed by atoms with E-state index in [4.69, 9.17) is 14.2 Å². The number of hydrogen-bond donors (Lipinski definition) is 1. The zero-order valence-electron chi connectivity index (χ0n) is 21.8. The number of amides is 2. The second kappa shape index (κ2) is 13.6. The van der Waals surface area contributed by atoms with Crippen molar-refractivity contribution in [3.05, 3.63) is 65.2 Å². The molecule has 2 amide bonds. The van der Waals surface area contributed by atoms with E-state index in [-0.39, 0.29) is 18.2 Å². The first kappa shape index (κ1) is 27.1. The third-order valence-electron chi connectivity index (χ3n) is 6.61. The molecule has 36 heavy (non-hydrogen) atoms. The van der Waals surface area contributed by atoms with Crippen LogP contribution in [-0.4, -0.2) is 50.6 Å². The van der Waals surface area contributed by atoms with Crippen molar-refractivity contribution in [2.45, 2.75) is 58.0 Å². The predicted molar refractivity (Wildman–Crippen MR) is 140 cm³/mol. The van der Waals surface area contributed by atoms with Crippen molar-refractivity contribution in [3.63, 3.8) is 0 Å². The summed E-state index contributed by atoms with van der Waals surface area (Å²) in [4.78, 5) is 28.2. The van der Waals surface area contributed by atoms with E-state index in [1.165, 1.54) is 18.4 Å². The van der Waals surface area contributed by atoms with Gasteiger partial charge in [-0.05, 0) is 74.4 Å². The summed E-state index contributed by atoms with van der Waals surface area (Å²) >= 11 is 0. The van der Waals surface area contributed by atoms with Gasteiger partial charge in [0.15, 0.2) is 11.5 Å². The van der Waals surface area contributed by atoms with Crippen LogP contribution < -0.4 is 19.5 Å². The van der Waals surface area contributed by atoms with Crippen LogP contribution in [0.15, 0.2) is 54.1 Å². The third kappa shape index (κ3) is 7.51. The number of nitrogens with zero attached hydrogens (tertiary/aromatic N) is 1. The predicted octanol–water partition coefficient (Wildman–Crippen LogP) is 4.68. The zero-order valence-corrected chi connectivity index (χ0v) is 21.8. The van der Waals surface area contributed by atoms with Gasteiger partial charge in [0.05, 0.1) is 27.8 Å². The lowest BCUT2D eigenvalue weighted by molar-refractivity contribution is -0.140. The lowest BCUT2D eigenvalue weighted by atomic mass is 9.97. The van der Waals surface area contributed by atoms with Crippen molar-refractivity contribution in [3.8, 4) is 17.2 Å². The van der Waals surface area contributed by atoms with Crippen LogP contribution in [0.4, 0.5) is 0 Å². The van der Waals surface area contributed by atoms with Crippen LogP contribution in [0.25, 0.3) is 0 Å². The normalized spacial score (nSPS) is 13.8. The van der Waals surface area contributed by atoms with Gasteiger partial charge in [0, 0.05) is 13.1 Å². The Morgan fingerprint density at radius 1 is 0.944 bits per heavy atom. The molecule has 2 aromatic rings. The van der Waals surface area contributed by atoms with Gasteiger partial charge in [-0.2, -0.15) is 0 Å². The van der Waals surface area contributed by atoms with Gasteiger partial charge in [-0.15, -0.1) is 0 Å². The van der Waals surface area contributed by atoms with Crippen molar-refractivity contribution in [1.29, 1.82) is 0 Å². The van der Waals surface area contributed by atoms with Gasteiger partial charge in [-0.1, -0.05) is 29.8 Å². The number of carbonyl (C=O) groups excluding carboxylic acids is 2. The van der Waals surface area contributed by atoms with E-state index >= 15 is 0 Å². The zero-order chi connectivity index (χ0) is 25.9. The first-order valence-corrected chi connectivity index (χ1v) is 12.5. The number of carbonyl (C=O) groups is 2. The second-order valence-electron chi connectivity index (χ2n) is 9.06. The number of ether oxygens (including phenoxy) is 3. The molecule has 7 nitrogen and oxygen atoms in total. The molecule has 2 aromatic carbocycles. The molecule has 0 radical (unpaired) electrons. The van der Waals surface area contributed by atoms with E-state index in [1.54, 1.807) is 45.3 Å². The molecule has 0 saturated carbocycles. The van der Waals surface area contributed by atoms with Gasteiger partial charge in [-0.3, -0.25) is 9.59 Å². The molecule has 0 spiro atoms. The molecule has 1 N–H and O–H groups in total. The minimum atomic E-state index is -0.625. The molecule has 7 heteroatoms. The summed E-state index contributed by atoms with van der Waals surface area (Å²) in [6.07, 6.45) is 7.99. The summed E-state index contributed by atoms with van der Waals surface area (Å²) in [6, 6.07) is 12.3. The van der Waals surface area contributed by atoms with Gasteiger partial charge in [0.1, 0.15) is 11.8 Å². The fraction of sp³-hybridized carbons (Fsp3) is 0.448. The SMILES string of the molecule is COc1ccc(CN(C(=O)Cc2ccc(OC)c(OC)c2)[C@H](C)C(=O)NCCC2=CCCCC2)cc1. The lowest BCUT2D eigenvalue weighted by Crippen LogP contribution is -2.48. The molecule has 0 fully saturated rings. The molecule has 1 atom stereocenters. The Morgan fingerprint density at radius 3 is 2.31 bits per heavy atom. The number of rotatable bonds is 12. The summed E-state index contributed by atoms with van der Waals surface area (Å²) in [5.41, 5.74) is 3.12. The van der Waals surface area contributed by atoms with E-state index in [0.29, 0.717) is 24.6 Å². The highest BCUT2D eigenvalue weighted by Gasteiger charge is 2.26. The molecule has 0 unspecified atom stereocenters. The molecule has 0 aliphatic heterocycles. The van der Waals surface area contributed by atoms with Crippen LogP contribution in [0.5, 0.6) is 17.2 Å². The average Bonchev–Trinajstić information content (AvgIpc) is 2.92. The third-order valence-corrected chi connectivity index (χ3v) is 6.61. The number of benzene rings is 2. The Morgan fingerprint density at radius 2 is 1.67 bits per heavy atom. The Kier molecular flexibility index (Phi) is 10.2. The van der Waals surface area contributed by atoms with Crippen LogP contribution >= 0.6 is 0 Å². The topological polar surface area (TPSA) is 77.1 Å². The van der Waals surface area contributed by atoms with Crippen LogP contribution in [0.3, 0.4) is 0 Å². The van der Waals surface area contributed by atoms with Gasteiger partial charge in [0.2, 0.25) is 11.8 Å². The summed E-state index contributed by atoms with van der Waals surface area (Å²) in [5.74, 6) is 1.61. The Bertz CT molecular complexity index is 1050. The second-order valence-corrected chi connectivity index (χ2v) is 9.06. The standard InChI is InChI=1S/C29H38N2O5/c1-21(29(33)30-17-16-22-8-6-5-7-9-22)31(20-23-10-13-25(34-2)14-11-23)28(32)19-24-12-15-26(35-3)27(18-24)36-4/h8,10-15,18,21H,5-7,9,16-17,19-20H2,1-4H3,(H,30,33)/t21-/m1/s1. The van der Waals surface area contributed by atoms with Gasteiger partial charge < -0.3 is 24.4 Å². The molecule has 194 valence electrons. The first-order valence-electron chi connectivity index (χ1n) is 12.5. The quantitative estimate of drug-likeness (QED) is 0.434. The molecule has 0 bridgehead atoms. The fourth-order valence-corrected chi connectivity index (χ4v) is 4.40. The maximum atomic E-state index is 13.5. The smallest absolute Gasteiger partial charge is 0.242 e. The molecule has 3 rings (SSSR count). The van der Waals surface area contributed by atoms with Gasteiger partial charge in [0.25, 0.3) is 0 Å². The highest BCUT2D eigenvalue weighted by molar-refractivity contribution is 5.88. The molecule has 1 aliphatic carbocycles.